The molecule has 3 heterocycles. The minimum Gasteiger partial charge on any atom is -0.356 e. The van der Waals surface area contributed by atoms with Gasteiger partial charge in [-0.3, -0.25) is 4.79 Å². The molecule has 2 saturated heterocycles. The lowest BCUT2D eigenvalue weighted by Gasteiger charge is -2.33. The summed E-state index contributed by atoms with van der Waals surface area (Å²) in [7, 11) is -3.45. The number of fused-ring (bicyclic) bond motifs is 1. The molecular weight excluding hydrogens is 460 g/mol. The highest BCUT2D eigenvalue weighted by Crippen LogP contribution is 2.27. The maximum atomic E-state index is 12.9. The average molecular weight is 493 g/mol. The number of rotatable bonds is 7. The van der Waals surface area contributed by atoms with Crippen LogP contribution in [0.4, 0.5) is 5.82 Å². The highest BCUT2D eigenvalue weighted by Gasteiger charge is 2.28. The second-order valence-corrected chi connectivity index (χ2v) is 11.4. The molecule has 1 atom stereocenters. The largest absolute Gasteiger partial charge is 0.356 e. The van der Waals surface area contributed by atoms with Gasteiger partial charge in [0.25, 0.3) is 0 Å². The van der Waals surface area contributed by atoms with Crippen LogP contribution in [0, 0.1) is 5.92 Å². The number of aromatic nitrogens is 1. The molecule has 2 fully saturated rings. The van der Waals surface area contributed by atoms with Crippen LogP contribution in [-0.2, 0) is 21.2 Å². The lowest BCUT2D eigenvalue weighted by atomic mass is 9.97. The smallest absolute Gasteiger partial charge is 0.243 e. The van der Waals surface area contributed by atoms with Crippen molar-refractivity contribution >= 4 is 32.7 Å². The zero-order chi connectivity index (χ0) is 24.3. The third-order valence-corrected chi connectivity index (χ3v) is 8.92. The Hall–Kier alpha value is -2.97. The summed E-state index contributed by atoms with van der Waals surface area (Å²) in [5, 5.41) is 3.91. The Balaban J connectivity index is 1.24. The molecule has 5 rings (SSSR count). The van der Waals surface area contributed by atoms with Gasteiger partial charge in [-0.25, -0.2) is 13.4 Å². The van der Waals surface area contributed by atoms with E-state index in [1.807, 2.05) is 30.3 Å². The standard InChI is InChI=1S/C27H32N4O3S/c32-27(28-15-14-21-7-2-1-3-8-21)23-9-6-16-30(20-23)26-13-10-22-19-24(11-12-25(22)29-26)35(33,34)31-17-4-5-18-31/h1-3,7-8,10-13,19,23H,4-6,9,14-18,20H2,(H,28,32). The first kappa shape index (κ1) is 23.8. The van der Waals surface area contributed by atoms with Gasteiger partial charge in [-0.1, -0.05) is 30.3 Å². The number of sulfonamides is 1. The summed E-state index contributed by atoms with van der Waals surface area (Å²) in [5.74, 6) is 0.864. The molecule has 8 heteroatoms. The van der Waals surface area contributed by atoms with E-state index in [-0.39, 0.29) is 11.8 Å². The van der Waals surface area contributed by atoms with Crippen molar-refractivity contribution in [3.63, 3.8) is 0 Å². The van der Waals surface area contributed by atoms with Crippen molar-refractivity contribution in [1.82, 2.24) is 14.6 Å². The molecule has 2 aliphatic heterocycles. The Kier molecular flexibility index (Phi) is 7.02. The molecule has 1 unspecified atom stereocenters. The van der Waals surface area contributed by atoms with Gasteiger partial charge in [0.1, 0.15) is 5.82 Å². The van der Waals surface area contributed by atoms with E-state index in [0.717, 1.165) is 55.4 Å². The topological polar surface area (TPSA) is 82.6 Å². The van der Waals surface area contributed by atoms with Crippen LogP contribution in [-0.4, -0.2) is 56.3 Å². The number of hydrogen-bond acceptors (Lipinski definition) is 5. The van der Waals surface area contributed by atoms with E-state index in [1.54, 1.807) is 22.5 Å². The van der Waals surface area contributed by atoms with Crippen LogP contribution in [0.2, 0.25) is 0 Å². The van der Waals surface area contributed by atoms with Crippen molar-refractivity contribution in [2.75, 3.05) is 37.6 Å². The molecule has 3 aromatic rings. The number of hydrogen-bond donors (Lipinski definition) is 1. The summed E-state index contributed by atoms with van der Waals surface area (Å²) in [4.78, 5) is 20.1. The van der Waals surface area contributed by atoms with Crippen molar-refractivity contribution in [2.24, 2.45) is 5.92 Å². The predicted molar refractivity (Wildman–Crippen MR) is 138 cm³/mol. The SMILES string of the molecule is O=C(NCCc1ccccc1)C1CCCN(c2ccc3cc(S(=O)(=O)N4CCCC4)ccc3n2)C1. The lowest BCUT2D eigenvalue weighted by molar-refractivity contribution is -0.125. The van der Waals surface area contributed by atoms with Crippen molar-refractivity contribution in [1.29, 1.82) is 0 Å². The number of nitrogens with one attached hydrogen (secondary N) is 1. The minimum absolute atomic E-state index is 0.0648. The lowest BCUT2D eigenvalue weighted by Crippen LogP contribution is -2.43. The van der Waals surface area contributed by atoms with Crippen molar-refractivity contribution in [3.05, 3.63) is 66.2 Å². The molecule has 1 N–H and O–H groups in total. The second-order valence-electron chi connectivity index (χ2n) is 9.45. The van der Waals surface area contributed by atoms with Crippen LogP contribution in [0.15, 0.2) is 65.6 Å². The van der Waals surface area contributed by atoms with Gasteiger partial charge in [-0.05, 0) is 68.0 Å². The van der Waals surface area contributed by atoms with Crippen molar-refractivity contribution in [2.45, 2.75) is 37.0 Å². The van der Waals surface area contributed by atoms with Gasteiger partial charge in [-0.2, -0.15) is 4.31 Å². The van der Waals surface area contributed by atoms with Crippen LogP contribution in [0.5, 0.6) is 0 Å². The Bertz CT molecular complexity index is 1290. The molecule has 184 valence electrons. The van der Waals surface area contributed by atoms with E-state index in [2.05, 4.69) is 22.3 Å². The summed E-state index contributed by atoms with van der Waals surface area (Å²) in [5.41, 5.74) is 1.98. The highest BCUT2D eigenvalue weighted by atomic mass is 32.2. The highest BCUT2D eigenvalue weighted by molar-refractivity contribution is 7.89. The molecule has 1 amide bonds. The predicted octanol–water partition coefficient (Wildman–Crippen LogP) is 3.59. The van der Waals surface area contributed by atoms with Crippen LogP contribution in [0.25, 0.3) is 10.9 Å². The van der Waals surface area contributed by atoms with E-state index in [1.165, 1.54) is 5.56 Å². The molecule has 1 aromatic heterocycles. The first-order valence-electron chi connectivity index (χ1n) is 12.5. The van der Waals surface area contributed by atoms with E-state index in [9.17, 15) is 13.2 Å². The first-order chi connectivity index (χ1) is 17.0. The van der Waals surface area contributed by atoms with E-state index in [4.69, 9.17) is 4.98 Å². The van der Waals surface area contributed by atoms with Gasteiger partial charge in [0.05, 0.1) is 16.3 Å². The molecule has 0 saturated carbocycles. The number of anilines is 1. The van der Waals surface area contributed by atoms with Gasteiger partial charge in [0.15, 0.2) is 0 Å². The fourth-order valence-electron chi connectivity index (χ4n) is 5.03. The molecule has 0 aliphatic carbocycles. The minimum atomic E-state index is -3.45. The van der Waals surface area contributed by atoms with Gasteiger partial charge in [0, 0.05) is 38.1 Å². The maximum absolute atomic E-state index is 12.9. The number of pyridine rings is 1. The third-order valence-electron chi connectivity index (χ3n) is 7.02. The molecule has 2 aromatic carbocycles. The Labute approximate surface area is 207 Å². The molecule has 0 bridgehead atoms. The summed E-state index contributed by atoms with van der Waals surface area (Å²) in [6.45, 7) is 3.31. The molecule has 2 aliphatic rings. The average Bonchev–Trinajstić information content (AvgIpc) is 3.45. The second kappa shape index (κ2) is 10.3. The number of carbonyl (C=O) groups excluding carboxylic acids is 1. The number of nitrogens with zero attached hydrogens (tertiary/aromatic N) is 3. The van der Waals surface area contributed by atoms with Crippen molar-refractivity contribution < 1.29 is 13.2 Å². The molecule has 35 heavy (non-hydrogen) atoms. The zero-order valence-electron chi connectivity index (χ0n) is 19.9. The number of benzene rings is 2. The molecule has 7 nitrogen and oxygen atoms in total. The van der Waals surface area contributed by atoms with E-state index >= 15 is 0 Å². The Morgan fingerprint density at radius 2 is 1.77 bits per heavy atom. The van der Waals surface area contributed by atoms with E-state index < -0.39 is 10.0 Å². The fourth-order valence-corrected chi connectivity index (χ4v) is 6.58. The molecule has 0 radical (unpaired) electrons. The summed E-state index contributed by atoms with van der Waals surface area (Å²) < 4.78 is 27.4. The summed E-state index contributed by atoms with van der Waals surface area (Å²) >= 11 is 0. The Morgan fingerprint density at radius 3 is 2.57 bits per heavy atom. The van der Waals surface area contributed by atoms with E-state index in [0.29, 0.717) is 31.1 Å². The fraction of sp³-hybridized carbons (Fsp3) is 0.407. The first-order valence-corrected chi connectivity index (χ1v) is 13.9. The summed E-state index contributed by atoms with van der Waals surface area (Å²) in [6.07, 6.45) is 4.46. The maximum Gasteiger partial charge on any atom is 0.243 e. The zero-order valence-corrected chi connectivity index (χ0v) is 20.7. The van der Waals surface area contributed by atoms with Gasteiger partial charge < -0.3 is 10.2 Å². The number of amides is 1. The quantitative estimate of drug-likeness (QED) is 0.545. The normalized spacial score (nSPS) is 19.2. The van der Waals surface area contributed by atoms with Crippen LogP contribution in [0.3, 0.4) is 0 Å². The van der Waals surface area contributed by atoms with Crippen LogP contribution >= 0.6 is 0 Å². The molecule has 0 spiro atoms. The van der Waals surface area contributed by atoms with Crippen LogP contribution in [0.1, 0.15) is 31.2 Å². The monoisotopic (exact) mass is 492 g/mol. The third kappa shape index (κ3) is 5.33. The Morgan fingerprint density at radius 1 is 0.971 bits per heavy atom. The number of carbonyl (C=O) groups is 1. The number of piperidine rings is 1. The van der Waals surface area contributed by atoms with Gasteiger partial charge in [0.2, 0.25) is 15.9 Å². The van der Waals surface area contributed by atoms with Gasteiger partial charge >= 0.3 is 0 Å². The van der Waals surface area contributed by atoms with Crippen LogP contribution < -0.4 is 10.2 Å². The summed E-state index contributed by atoms with van der Waals surface area (Å²) in [6, 6.07) is 19.2. The molecular formula is C27H32N4O3S. The van der Waals surface area contributed by atoms with Crippen molar-refractivity contribution in [3.8, 4) is 0 Å². The van der Waals surface area contributed by atoms with Gasteiger partial charge in [-0.15, -0.1) is 0 Å².